The zero-order chi connectivity index (χ0) is 11.8. The van der Waals surface area contributed by atoms with Crippen molar-refractivity contribution >= 4 is 0 Å². The monoisotopic (exact) mass is 214 g/mol. The van der Waals surface area contributed by atoms with Crippen molar-refractivity contribution in [2.75, 3.05) is 0 Å². The van der Waals surface area contributed by atoms with Gasteiger partial charge in [0, 0.05) is 0 Å². The Hall–Kier alpha value is -2.00. The van der Waals surface area contributed by atoms with Gasteiger partial charge in [-0.15, -0.1) is 0 Å². The number of hydrogen-bond acceptors (Lipinski definition) is 3. The second-order valence-corrected chi connectivity index (χ2v) is 3.49. The fraction of sp³-hybridized carbons (Fsp3) is 0.385. The number of nitrogens with zero attached hydrogens (tertiary/aromatic N) is 2. The third-order valence-corrected chi connectivity index (χ3v) is 2.28. The molecule has 0 saturated heterocycles. The van der Waals surface area contributed by atoms with E-state index < -0.39 is 0 Å². The molecule has 3 heteroatoms. The Bertz CT molecular complexity index is 397. The molecule has 1 unspecified atom stereocenters. The molecular formula is C13H14N2O. The zero-order valence-corrected chi connectivity index (χ0v) is 9.31. The highest BCUT2D eigenvalue weighted by atomic mass is 16.5. The van der Waals surface area contributed by atoms with Gasteiger partial charge in [-0.05, 0) is 24.1 Å². The summed E-state index contributed by atoms with van der Waals surface area (Å²) < 4.78 is 5.63. The molecule has 3 nitrogen and oxygen atoms in total. The van der Waals surface area contributed by atoms with Crippen LogP contribution in [0.5, 0.6) is 5.75 Å². The van der Waals surface area contributed by atoms with Crippen LogP contribution in [-0.2, 0) is 6.42 Å². The fourth-order valence-corrected chi connectivity index (χ4v) is 1.34. The molecule has 82 valence electrons. The molecule has 0 spiro atoms. The van der Waals surface area contributed by atoms with Gasteiger partial charge in [-0.2, -0.15) is 10.5 Å². The molecule has 1 rings (SSSR count). The summed E-state index contributed by atoms with van der Waals surface area (Å²) in [6.07, 6.45) is 1.58. The van der Waals surface area contributed by atoms with Crippen molar-refractivity contribution in [3.05, 3.63) is 29.8 Å². The lowest BCUT2D eigenvalue weighted by atomic mass is 10.1. The molecule has 0 amide bonds. The van der Waals surface area contributed by atoms with Crippen molar-refractivity contribution < 1.29 is 4.74 Å². The highest BCUT2D eigenvalue weighted by Crippen LogP contribution is 2.16. The lowest BCUT2D eigenvalue weighted by Crippen LogP contribution is -2.14. The predicted molar refractivity (Wildman–Crippen MR) is 60.7 cm³/mol. The maximum Gasteiger partial charge on any atom is 0.119 e. The Morgan fingerprint density at radius 2 is 1.88 bits per heavy atom. The maximum atomic E-state index is 8.59. The van der Waals surface area contributed by atoms with E-state index in [9.17, 15) is 0 Å². The average molecular weight is 214 g/mol. The van der Waals surface area contributed by atoms with Crippen molar-refractivity contribution in [1.29, 1.82) is 10.5 Å². The van der Waals surface area contributed by atoms with Gasteiger partial charge in [0.05, 0.1) is 25.0 Å². The van der Waals surface area contributed by atoms with E-state index in [2.05, 4.69) is 12.1 Å². The third-order valence-electron chi connectivity index (χ3n) is 2.28. The first-order valence-corrected chi connectivity index (χ1v) is 5.29. The second kappa shape index (κ2) is 6.48. The normalized spacial score (nSPS) is 11.2. The van der Waals surface area contributed by atoms with Gasteiger partial charge in [0.1, 0.15) is 11.9 Å². The number of rotatable bonds is 5. The largest absolute Gasteiger partial charge is 0.489 e. The topological polar surface area (TPSA) is 56.8 Å². The molecule has 0 N–H and O–H groups in total. The minimum atomic E-state index is -0.0492. The Kier molecular flexibility index (Phi) is 4.89. The SMILES string of the molecule is CCC(CC#N)Oc1ccc(CC#N)cc1. The number of benzene rings is 1. The van der Waals surface area contributed by atoms with E-state index in [1.54, 1.807) is 0 Å². The Balaban J connectivity index is 2.61. The molecule has 1 atom stereocenters. The predicted octanol–water partition coefficient (Wildman–Crippen LogP) is 2.82. The molecule has 0 heterocycles. The van der Waals surface area contributed by atoms with Gasteiger partial charge < -0.3 is 4.74 Å². The summed E-state index contributed by atoms with van der Waals surface area (Å²) in [7, 11) is 0. The van der Waals surface area contributed by atoms with E-state index in [-0.39, 0.29) is 6.10 Å². The highest BCUT2D eigenvalue weighted by molar-refractivity contribution is 5.28. The van der Waals surface area contributed by atoms with Crippen LogP contribution < -0.4 is 4.74 Å². The number of ether oxygens (including phenoxy) is 1. The van der Waals surface area contributed by atoms with E-state index in [0.717, 1.165) is 17.7 Å². The zero-order valence-electron chi connectivity index (χ0n) is 9.31. The first-order chi connectivity index (χ1) is 7.80. The minimum absolute atomic E-state index is 0.0492. The summed E-state index contributed by atoms with van der Waals surface area (Å²) in [5, 5.41) is 17.1. The minimum Gasteiger partial charge on any atom is -0.489 e. The summed E-state index contributed by atoms with van der Waals surface area (Å²) >= 11 is 0. The molecule has 0 aromatic heterocycles. The van der Waals surface area contributed by atoms with Crippen LogP contribution in [-0.4, -0.2) is 6.10 Å². The smallest absolute Gasteiger partial charge is 0.119 e. The molecule has 0 aliphatic heterocycles. The van der Waals surface area contributed by atoms with Crippen molar-refractivity contribution in [2.24, 2.45) is 0 Å². The summed E-state index contributed by atoms with van der Waals surface area (Å²) in [6, 6.07) is 11.6. The lowest BCUT2D eigenvalue weighted by molar-refractivity contribution is 0.202. The number of hydrogen-bond donors (Lipinski definition) is 0. The molecule has 1 aromatic carbocycles. The summed E-state index contributed by atoms with van der Waals surface area (Å²) in [5.41, 5.74) is 0.975. The van der Waals surface area contributed by atoms with Crippen LogP contribution in [0, 0.1) is 22.7 Å². The lowest BCUT2D eigenvalue weighted by Gasteiger charge is -2.14. The van der Waals surface area contributed by atoms with Crippen LogP contribution in [0.15, 0.2) is 24.3 Å². The van der Waals surface area contributed by atoms with Crippen LogP contribution in [0.1, 0.15) is 25.3 Å². The standard InChI is InChI=1S/C13H14N2O/c1-2-12(8-10-15)16-13-5-3-11(4-6-13)7-9-14/h3-6,12H,2,7-8H2,1H3. The Labute approximate surface area is 95.9 Å². The van der Waals surface area contributed by atoms with Gasteiger partial charge in [-0.1, -0.05) is 19.1 Å². The van der Waals surface area contributed by atoms with Gasteiger partial charge in [-0.25, -0.2) is 0 Å². The number of nitriles is 2. The first kappa shape index (κ1) is 12.1. The molecule has 0 saturated carbocycles. The molecule has 0 fully saturated rings. The van der Waals surface area contributed by atoms with Crippen molar-refractivity contribution in [3.63, 3.8) is 0 Å². The quantitative estimate of drug-likeness (QED) is 0.757. The van der Waals surface area contributed by atoms with Crippen LogP contribution in [0.2, 0.25) is 0 Å². The molecular weight excluding hydrogens is 200 g/mol. The van der Waals surface area contributed by atoms with Crippen molar-refractivity contribution in [2.45, 2.75) is 32.3 Å². The fourth-order valence-electron chi connectivity index (χ4n) is 1.34. The van der Waals surface area contributed by atoms with E-state index >= 15 is 0 Å². The van der Waals surface area contributed by atoms with Crippen LogP contribution in [0.4, 0.5) is 0 Å². The van der Waals surface area contributed by atoms with Gasteiger partial charge >= 0.3 is 0 Å². The van der Waals surface area contributed by atoms with Gasteiger partial charge in [0.2, 0.25) is 0 Å². The third kappa shape index (κ3) is 3.63. The van der Waals surface area contributed by atoms with Gasteiger partial charge in [0.15, 0.2) is 0 Å². The van der Waals surface area contributed by atoms with E-state index in [1.165, 1.54) is 0 Å². The van der Waals surface area contributed by atoms with E-state index in [4.69, 9.17) is 15.3 Å². The van der Waals surface area contributed by atoms with Gasteiger partial charge in [-0.3, -0.25) is 0 Å². The summed E-state index contributed by atoms with van der Waals surface area (Å²) in [4.78, 5) is 0. The summed E-state index contributed by atoms with van der Waals surface area (Å²) in [5.74, 6) is 0.754. The average Bonchev–Trinajstić information content (AvgIpc) is 2.31. The highest BCUT2D eigenvalue weighted by Gasteiger charge is 2.06. The molecule has 0 aliphatic carbocycles. The molecule has 1 aromatic rings. The van der Waals surface area contributed by atoms with Crippen molar-refractivity contribution in [1.82, 2.24) is 0 Å². The Morgan fingerprint density at radius 3 is 2.38 bits per heavy atom. The maximum absolute atomic E-state index is 8.59. The van der Waals surface area contributed by atoms with E-state index in [1.807, 2.05) is 31.2 Å². The summed E-state index contributed by atoms with van der Waals surface area (Å²) in [6.45, 7) is 1.99. The van der Waals surface area contributed by atoms with Crippen LogP contribution in [0.3, 0.4) is 0 Å². The molecule has 0 bridgehead atoms. The molecule has 16 heavy (non-hydrogen) atoms. The van der Waals surface area contributed by atoms with Gasteiger partial charge in [0.25, 0.3) is 0 Å². The first-order valence-electron chi connectivity index (χ1n) is 5.29. The Morgan fingerprint density at radius 1 is 1.19 bits per heavy atom. The van der Waals surface area contributed by atoms with Crippen LogP contribution >= 0.6 is 0 Å². The molecule has 0 radical (unpaired) electrons. The second-order valence-electron chi connectivity index (χ2n) is 3.49. The van der Waals surface area contributed by atoms with E-state index in [0.29, 0.717) is 12.8 Å². The van der Waals surface area contributed by atoms with Crippen molar-refractivity contribution in [3.8, 4) is 17.9 Å². The van der Waals surface area contributed by atoms with Crippen LogP contribution in [0.25, 0.3) is 0 Å². The molecule has 0 aliphatic rings.